The van der Waals surface area contributed by atoms with E-state index in [-0.39, 0.29) is 5.91 Å². The second kappa shape index (κ2) is 7.24. The van der Waals surface area contributed by atoms with Crippen LogP contribution in [0.4, 0.5) is 11.5 Å². The number of anilines is 2. The van der Waals surface area contributed by atoms with E-state index in [1.807, 2.05) is 43.3 Å². The fourth-order valence-corrected chi connectivity index (χ4v) is 2.54. The molecule has 1 aromatic carbocycles. The van der Waals surface area contributed by atoms with Crippen molar-refractivity contribution in [3.05, 3.63) is 53.7 Å². The van der Waals surface area contributed by atoms with Gasteiger partial charge in [-0.2, -0.15) is 0 Å². The lowest BCUT2D eigenvalue weighted by atomic mass is 10.1. The first-order valence-electron chi connectivity index (χ1n) is 7.85. The molecule has 3 rings (SSSR count). The second-order valence-corrected chi connectivity index (χ2v) is 5.72. The zero-order chi connectivity index (χ0) is 16.1. The third-order valence-electron chi connectivity index (χ3n) is 3.85. The summed E-state index contributed by atoms with van der Waals surface area (Å²) in [7, 11) is 0. The average molecular weight is 311 g/mol. The number of aromatic nitrogens is 1. The van der Waals surface area contributed by atoms with Gasteiger partial charge in [0, 0.05) is 13.1 Å². The Morgan fingerprint density at radius 2 is 1.91 bits per heavy atom. The third-order valence-corrected chi connectivity index (χ3v) is 3.85. The molecule has 1 fully saturated rings. The van der Waals surface area contributed by atoms with Gasteiger partial charge in [0.05, 0.1) is 31.5 Å². The molecule has 0 aliphatic carbocycles. The molecule has 0 saturated carbocycles. The largest absolute Gasteiger partial charge is 0.378 e. The summed E-state index contributed by atoms with van der Waals surface area (Å²) in [5.41, 5.74) is 2.92. The minimum absolute atomic E-state index is 0.0326. The number of pyridine rings is 1. The number of hydrogen-bond donors (Lipinski definition) is 1. The van der Waals surface area contributed by atoms with Crippen LogP contribution in [0.3, 0.4) is 0 Å². The number of nitrogens with one attached hydrogen (secondary N) is 1. The van der Waals surface area contributed by atoms with Crippen LogP contribution in [0.15, 0.2) is 42.6 Å². The van der Waals surface area contributed by atoms with Crippen LogP contribution in [-0.4, -0.2) is 37.2 Å². The van der Waals surface area contributed by atoms with Gasteiger partial charge in [-0.25, -0.2) is 4.98 Å². The van der Waals surface area contributed by atoms with Crippen molar-refractivity contribution in [3.63, 3.8) is 0 Å². The van der Waals surface area contributed by atoms with Crippen LogP contribution in [0.2, 0.25) is 0 Å². The lowest BCUT2D eigenvalue weighted by molar-refractivity contribution is -0.115. The average Bonchev–Trinajstić information content (AvgIpc) is 2.58. The second-order valence-electron chi connectivity index (χ2n) is 5.72. The molecule has 23 heavy (non-hydrogen) atoms. The molecule has 1 aliphatic rings. The zero-order valence-corrected chi connectivity index (χ0v) is 13.3. The van der Waals surface area contributed by atoms with Gasteiger partial charge in [-0.15, -0.1) is 0 Å². The Balaban J connectivity index is 1.57. The Labute approximate surface area is 136 Å². The van der Waals surface area contributed by atoms with E-state index in [1.54, 1.807) is 6.20 Å². The molecule has 0 spiro atoms. The highest BCUT2D eigenvalue weighted by molar-refractivity contribution is 5.92. The molecule has 5 nitrogen and oxygen atoms in total. The lowest BCUT2D eigenvalue weighted by Gasteiger charge is -2.27. The van der Waals surface area contributed by atoms with E-state index in [2.05, 4.69) is 15.2 Å². The summed E-state index contributed by atoms with van der Waals surface area (Å²) in [6.07, 6.45) is 2.07. The topological polar surface area (TPSA) is 54.5 Å². The molecule has 0 atom stereocenters. The first-order chi connectivity index (χ1) is 11.2. The number of ether oxygens (including phenoxy) is 1. The van der Waals surface area contributed by atoms with Gasteiger partial charge in [0.25, 0.3) is 0 Å². The number of rotatable bonds is 4. The molecule has 2 heterocycles. The van der Waals surface area contributed by atoms with Crippen molar-refractivity contribution < 1.29 is 9.53 Å². The van der Waals surface area contributed by atoms with Gasteiger partial charge >= 0.3 is 0 Å². The predicted octanol–water partition coefficient (Wildman–Crippen LogP) is 2.41. The summed E-state index contributed by atoms with van der Waals surface area (Å²) in [6, 6.07) is 11.8. The highest BCUT2D eigenvalue weighted by Gasteiger charge is 2.12. The van der Waals surface area contributed by atoms with Crippen molar-refractivity contribution in [2.24, 2.45) is 0 Å². The smallest absolute Gasteiger partial charge is 0.228 e. The van der Waals surface area contributed by atoms with Crippen molar-refractivity contribution in [2.75, 3.05) is 36.5 Å². The van der Waals surface area contributed by atoms with Gasteiger partial charge in [-0.05, 0) is 24.6 Å². The molecule has 0 bridgehead atoms. The molecule has 120 valence electrons. The van der Waals surface area contributed by atoms with Gasteiger partial charge in [-0.3, -0.25) is 4.79 Å². The van der Waals surface area contributed by atoms with Crippen molar-refractivity contribution in [2.45, 2.75) is 13.3 Å². The van der Waals surface area contributed by atoms with Crippen molar-refractivity contribution in [3.8, 4) is 0 Å². The quantitative estimate of drug-likeness (QED) is 0.942. The van der Waals surface area contributed by atoms with E-state index in [4.69, 9.17) is 4.74 Å². The fraction of sp³-hybridized carbons (Fsp3) is 0.333. The molecule has 1 aliphatic heterocycles. The number of hydrogen-bond acceptors (Lipinski definition) is 4. The highest BCUT2D eigenvalue weighted by atomic mass is 16.5. The zero-order valence-electron chi connectivity index (χ0n) is 13.3. The van der Waals surface area contributed by atoms with E-state index in [0.717, 1.165) is 43.4 Å². The number of morpholine rings is 1. The van der Waals surface area contributed by atoms with Gasteiger partial charge in [0.15, 0.2) is 0 Å². The number of aryl methyl sites for hydroxylation is 1. The Hall–Kier alpha value is -2.40. The van der Waals surface area contributed by atoms with E-state index in [0.29, 0.717) is 6.42 Å². The molecule has 0 radical (unpaired) electrons. The van der Waals surface area contributed by atoms with Crippen LogP contribution in [0, 0.1) is 6.92 Å². The van der Waals surface area contributed by atoms with Crippen LogP contribution >= 0.6 is 0 Å². The Morgan fingerprint density at radius 3 is 2.57 bits per heavy atom. The Kier molecular flexibility index (Phi) is 4.88. The van der Waals surface area contributed by atoms with E-state index in [1.165, 1.54) is 5.56 Å². The summed E-state index contributed by atoms with van der Waals surface area (Å²) in [4.78, 5) is 18.7. The molecular weight excluding hydrogens is 290 g/mol. The third kappa shape index (κ3) is 4.29. The molecule has 1 amide bonds. The molecule has 0 unspecified atom stereocenters. The van der Waals surface area contributed by atoms with Crippen molar-refractivity contribution in [1.82, 2.24) is 4.98 Å². The number of nitrogens with zero attached hydrogens (tertiary/aromatic N) is 2. The Bertz CT molecular complexity index is 647. The van der Waals surface area contributed by atoms with Crippen LogP contribution in [0.1, 0.15) is 11.1 Å². The van der Waals surface area contributed by atoms with Crippen molar-refractivity contribution in [1.29, 1.82) is 0 Å². The maximum atomic E-state index is 12.1. The summed E-state index contributed by atoms with van der Waals surface area (Å²) in [5, 5.41) is 2.89. The van der Waals surface area contributed by atoms with Crippen LogP contribution in [0.5, 0.6) is 0 Å². The molecule has 1 N–H and O–H groups in total. The molecular formula is C18H21N3O2. The summed E-state index contributed by atoms with van der Waals surface area (Å²) >= 11 is 0. The standard InChI is InChI=1S/C18H21N3O2/c1-14-2-4-15(5-3-14)12-18(22)20-16-6-7-17(19-13-16)21-8-10-23-11-9-21/h2-7,13H,8-12H2,1H3,(H,20,22). The maximum Gasteiger partial charge on any atom is 0.228 e. The summed E-state index contributed by atoms with van der Waals surface area (Å²) in [6.45, 7) is 5.21. The number of benzene rings is 1. The normalized spacial score (nSPS) is 14.6. The minimum atomic E-state index is -0.0326. The number of carbonyl (C=O) groups is 1. The molecule has 2 aromatic rings. The molecule has 5 heteroatoms. The van der Waals surface area contributed by atoms with Crippen LogP contribution < -0.4 is 10.2 Å². The first kappa shape index (κ1) is 15.5. The molecule has 1 aromatic heterocycles. The van der Waals surface area contributed by atoms with Gasteiger partial charge < -0.3 is 15.0 Å². The summed E-state index contributed by atoms with van der Waals surface area (Å²) in [5.74, 6) is 0.889. The van der Waals surface area contributed by atoms with Crippen molar-refractivity contribution >= 4 is 17.4 Å². The van der Waals surface area contributed by atoms with Crippen LogP contribution in [0.25, 0.3) is 0 Å². The van der Waals surface area contributed by atoms with Gasteiger partial charge in [0.2, 0.25) is 5.91 Å². The monoisotopic (exact) mass is 311 g/mol. The fourth-order valence-electron chi connectivity index (χ4n) is 2.54. The Morgan fingerprint density at radius 1 is 1.17 bits per heavy atom. The maximum absolute atomic E-state index is 12.1. The minimum Gasteiger partial charge on any atom is -0.378 e. The van der Waals surface area contributed by atoms with E-state index >= 15 is 0 Å². The van der Waals surface area contributed by atoms with E-state index in [9.17, 15) is 4.79 Å². The predicted molar refractivity (Wildman–Crippen MR) is 90.8 cm³/mol. The first-order valence-corrected chi connectivity index (χ1v) is 7.85. The molecule has 1 saturated heterocycles. The van der Waals surface area contributed by atoms with Crippen LogP contribution in [-0.2, 0) is 16.0 Å². The summed E-state index contributed by atoms with van der Waals surface area (Å²) < 4.78 is 5.34. The van der Waals surface area contributed by atoms with Gasteiger partial charge in [0.1, 0.15) is 5.82 Å². The van der Waals surface area contributed by atoms with Gasteiger partial charge in [-0.1, -0.05) is 29.8 Å². The SMILES string of the molecule is Cc1ccc(CC(=O)Nc2ccc(N3CCOCC3)nc2)cc1. The van der Waals surface area contributed by atoms with E-state index < -0.39 is 0 Å². The number of amides is 1. The highest BCUT2D eigenvalue weighted by Crippen LogP contribution is 2.15. The number of carbonyl (C=O) groups excluding carboxylic acids is 1. The lowest BCUT2D eigenvalue weighted by Crippen LogP contribution is -2.36.